The normalized spacial score (nSPS) is 12.0. The molecular weight excluding hydrogens is 393 g/mol. The van der Waals surface area contributed by atoms with Gasteiger partial charge in [0.25, 0.3) is 0 Å². The molecule has 2 aromatic rings. The minimum absolute atomic E-state index is 0.163. The van der Waals surface area contributed by atoms with E-state index >= 15 is 0 Å². The minimum atomic E-state index is -0.774. The molecule has 0 bridgehead atoms. The van der Waals surface area contributed by atoms with Gasteiger partial charge in [-0.3, -0.25) is 4.99 Å². The fraction of sp³-hybridized carbons (Fsp3) is 0.111. The average molecular weight is 408 g/mol. The number of hydrogen-bond donors (Lipinski definition) is 1. The zero-order valence-electron chi connectivity index (χ0n) is 13.5. The van der Waals surface area contributed by atoms with Crippen molar-refractivity contribution in [1.82, 2.24) is 0 Å². The highest BCUT2D eigenvalue weighted by atomic mass is 79.9. The molecule has 0 aliphatic carbocycles. The van der Waals surface area contributed by atoms with Gasteiger partial charge in [-0.15, -0.1) is 0 Å². The monoisotopic (exact) mass is 407 g/mol. The second kappa shape index (κ2) is 8.43. The second-order valence-corrected chi connectivity index (χ2v) is 5.69. The molecule has 0 saturated heterocycles. The summed E-state index contributed by atoms with van der Waals surface area (Å²) in [6.07, 6.45) is 1.18. The summed E-state index contributed by atoms with van der Waals surface area (Å²) in [5.41, 5.74) is 0.592. The van der Waals surface area contributed by atoms with Crippen LogP contribution in [0, 0.1) is 5.82 Å². The Bertz CT molecular complexity index is 831. The van der Waals surface area contributed by atoms with Crippen LogP contribution in [0.3, 0.4) is 0 Å². The summed E-state index contributed by atoms with van der Waals surface area (Å²) in [4.78, 5) is 16.2. The molecule has 130 valence electrons. The number of carbonyl (C=O) groups is 1. The lowest BCUT2D eigenvalue weighted by Crippen LogP contribution is -2.09. The number of esters is 1. The number of methoxy groups -OCH3 is 2. The fourth-order valence-corrected chi connectivity index (χ4v) is 2.29. The number of hydrogen-bond acceptors (Lipinski definition) is 5. The van der Waals surface area contributed by atoms with Gasteiger partial charge in [0.1, 0.15) is 22.9 Å². The van der Waals surface area contributed by atoms with Crippen LogP contribution < -0.4 is 4.74 Å². The largest absolute Gasteiger partial charge is 0.506 e. The third-order valence-corrected chi connectivity index (χ3v) is 3.93. The first-order valence-electron chi connectivity index (χ1n) is 7.11. The molecule has 0 radical (unpaired) electrons. The Morgan fingerprint density at radius 3 is 2.48 bits per heavy atom. The smallest absolute Gasteiger partial charge is 0.343 e. The van der Waals surface area contributed by atoms with E-state index in [0.717, 1.165) is 0 Å². The summed E-state index contributed by atoms with van der Waals surface area (Å²) in [7, 11) is 2.71. The summed E-state index contributed by atoms with van der Waals surface area (Å²) in [6.45, 7) is 0. The summed E-state index contributed by atoms with van der Waals surface area (Å²) in [6, 6.07) is 10.2. The highest BCUT2D eigenvalue weighted by Crippen LogP contribution is 2.30. The van der Waals surface area contributed by atoms with Crippen LogP contribution in [-0.4, -0.2) is 31.5 Å². The molecule has 0 heterocycles. The maximum Gasteiger partial charge on any atom is 0.343 e. The zero-order valence-corrected chi connectivity index (χ0v) is 15.1. The Morgan fingerprint density at radius 1 is 1.20 bits per heavy atom. The maximum absolute atomic E-state index is 13.0. The third kappa shape index (κ3) is 4.67. The van der Waals surface area contributed by atoms with Gasteiger partial charge in [0.2, 0.25) is 0 Å². The van der Waals surface area contributed by atoms with Crippen molar-refractivity contribution in [3.63, 3.8) is 0 Å². The van der Waals surface area contributed by atoms with Crippen molar-refractivity contribution < 1.29 is 23.8 Å². The van der Waals surface area contributed by atoms with Crippen LogP contribution in [-0.2, 0) is 9.53 Å². The van der Waals surface area contributed by atoms with Crippen molar-refractivity contribution in [2.24, 2.45) is 4.99 Å². The number of aliphatic hydroxyl groups excluding tert-OH is 1. The van der Waals surface area contributed by atoms with Crippen LogP contribution in [0.4, 0.5) is 10.1 Å². The molecule has 2 rings (SSSR count). The maximum atomic E-state index is 13.0. The molecule has 7 heteroatoms. The fourth-order valence-electron chi connectivity index (χ4n) is 1.94. The number of rotatable bonds is 5. The predicted molar refractivity (Wildman–Crippen MR) is 96.8 cm³/mol. The van der Waals surface area contributed by atoms with Gasteiger partial charge in [-0.1, -0.05) is 0 Å². The molecule has 0 aliphatic rings. The molecular formula is C18H15BrFNO4. The predicted octanol–water partition coefficient (Wildman–Crippen LogP) is 4.44. The molecule has 0 unspecified atom stereocenters. The van der Waals surface area contributed by atoms with Crippen molar-refractivity contribution >= 4 is 39.6 Å². The molecule has 0 aliphatic heterocycles. The van der Waals surface area contributed by atoms with Crippen LogP contribution >= 0.6 is 15.9 Å². The Kier molecular flexibility index (Phi) is 6.30. The third-order valence-electron chi connectivity index (χ3n) is 3.26. The summed E-state index contributed by atoms with van der Waals surface area (Å²) in [5.74, 6) is -1.01. The van der Waals surface area contributed by atoms with E-state index < -0.39 is 11.8 Å². The highest BCUT2D eigenvalue weighted by Gasteiger charge is 2.16. The van der Waals surface area contributed by atoms with Gasteiger partial charge in [0.05, 0.1) is 19.9 Å². The van der Waals surface area contributed by atoms with Crippen LogP contribution in [0.5, 0.6) is 5.75 Å². The minimum Gasteiger partial charge on any atom is -0.506 e. The molecule has 1 N–H and O–H groups in total. The van der Waals surface area contributed by atoms with Gasteiger partial charge in [-0.05, 0) is 52.3 Å². The van der Waals surface area contributed by atoms with Gasteiger partial charge in [0.15, 0.2) is 0 Å². The topological polar surface area (TPSA) is 68.1 Å². The quantitative estimate of drug-likeness (QED) is 0.344. The lowest BCUT2D eigenvalue weighted by atomic mass is 10.1. The number of ether oxygens (including phenoxy) is 2. The Hall–Kier alpha value is -2.67. The van der Waals surface area contributed by atoms with E-state index in [4.69, 9.17) is 4.74 Å². The average Bonchev–Trinajstić information content (AvgIpc) is 2.63. The number of halogens is 2. The molecule has 5 nitrogen and oxygen atoms in total. The van der Waals surface area contributed by atoms with Gasteiger partial charge >= 0.3 is 5.97 Å². The van der Waals surface area contributed by atoms with E-state index in [1.54, 1.807) is 18.2 Å². The van der Waals surface area contributed by atoms with Crippen molar-refractivity contribution in [2.45, 2.75) is 0 Å². The summed E-state index contributed by atoms with van der Waals surface area (Å²) < 4.78 is 23.5. The molecule has 25 heavy (non-hydrogen) atoms. The molecule has 0 amide bonds. The Balaban J connectivity index is 2.46. The summed E-state index contributed by atoms with van der Waals surface area (Å²) in [5, 5.41) is 10.3. The van der Waals surface area contributed by atoms with E-state index in [9.17, 15) is 14.3 Å². The first-order valence-corrected chi connectivity index (χ1v) is 7.90. The summed E-state index contributed by atoms with van der Waals surface area (Å²) >= 11 is 3.35. The zero-order chi connectivity index (χ0) is 18.4. The Morgan fingerprint density at radius 2 is 1.88 bits per heavy atom. The van der Waals surface area contributed by atoms with Crippen LogP contribution in [0.15, 0.2) is 57.5 Å². The standard InChI is InChI=1S/C18H15BrFNO4/c1-24-13-7-8-15(19)16(9-13)21-10-14(18(23)25-2)17(22)11-3-5-12(20)6-4-11/h3-10,22H,1-2H3. The SMILES string of the molecule is COC(=O)C(C=Nc1cc(OC)ccc1Br)=C(O)c1ccc(F)cc1. The lowest BCUT2D eigenvalue weighted by molar-refractivity contribution is -0.135. The van der Waals surface area contributed by atoms with Crippen molar-refractivity contribution in [3.8, 4) is 5.75 Å². The molecule has 0 fully saturated rings. The van der Waals surface area contributed by atoms with Gasteiger partial charge in [0, 0.05) is 22.3 Å². The van der Waals surface area contributed by atoms with E-state index in [0.29, 0.717) is 15.9 Å². The molecule has 0 aromatic heterocycles. The van der Waals surface area contributed by atoms with Gasteiger partial charge in [-0.25, -0.2) is 9.18 Å². The van der Waals surface area contributed by atoms with E-state index in [2.05, 4.69) is 25.7 Å². The van der Waals surface area contributed by atoms with Crippen LogP contribution in [0.1, 0.15) is 5.56 Å². The Labute approximate surface area is 152 Å². The van der Waals surface area contributed by atoms with Gasteiger partial charge in [-0.2, -0.15) is 0 Å². The molecule has 0 saturated carbocycles. The van der Waals surface area contributed by atoms with E-state index in [1.165, 1.54) is 44.7 Å². The van der Waals surface area contributed by atoms with Crippen molar-refractivity contribution in [1.29, 1.82) is 0 Å². The number of benzene rings is 2. The van der Waals surface area contributed by atoms with E-state index in [1.807, 2.05) is 0 Å². The number of aliphatic imine (C=N–C) groups is 1. The van der Waals surface area contributed by atoms with E-state index in [-0.39, 0.29) is 16.9 Å². The first-order chi connectivity index (χ1) is 12.0. The number of carbonyl (C=O) groups excluding carboxylic acids is 1. The molecule has 0 atom stereocenters. The van der Waals surface area contributed by atoms with Crippen molar-refractivity contribution in [3.05, 3.63) is 63.9 Å². The van der Waals surface area contributed by atoms with Crippen LogP contribution in [0.2, 0.25) is 0 Å². The number of nitrogens with zero attached hydrogens (tertiary/aromatic N) is 1. The van der Waals surface area contributed by atoms with Crippen LogP contribution in [0.25, 0.3) is 5.76 Å². The highest BCUT2D eigenvalue weighted by molar-refractivity contribution is 9.10. The molecule has 0 spiro atoms. The first kappa shape index (κ1) is 18.7. The molecule has 2 aromatic carbocycles. The lowest BCUT2D eigenvalue weighted by Gasteiger charge is -2.06. The second-order valence-electron chi connectivity index (χ2n) is 4.84. The number of aliphatic hydroxyl groups is 1. The van der Waals surface area contributed by atoms with Gasteiger partial charge < -0.3 is 14.6 Å². The van der Waals surface area contributed by atoms with Crippen molar-refractivity contribution in [2.75, 3.05) is 14.2 Å².